The molecule has 0 fully saturated rings. The van der Waals surface area contributed by atoms with Crippen molar-refractivity contribution in [3.8, 4) is 35.1 Å². The summed E-state index contributed by atoms with van der Waals surface area (Å²) >= 11 is 0. The SMILES string of the molecule is CN(C)CC#Cc1cccc(-c2cccc(C#CCN(C)C)n2)n1.O.O.O=[N+]([O-])O.O=[N+]([O-])O.O=[N+]([O-])O.O=[N+]([O-])[O-].[Cu+]. The molecule has 0 aliphatic heterocycles. The Kier molecular flexibility index (Phi) is 36.5. The third-order valence-corrected chi connectivity index (χ3v) is 2.98. The van der Waals surface area contributed by atoms with Crippen molar-refractivity contribution in [1.82, 2.24) is 19.8 Å². The molecular formula is C20H29CuN8O14. The van der Waals surface area contributed by atoms with E-state index in [4.69, 9.17) is 61.3 Å². The Morgan fingerprint density at radius 3 is 1.09 bits per heavy atom. The zero-order valence-corrected chi connectivity index (χ0v) is 23.7. The van der Waals surface area contributed by atoms with E-state index in [1.807, 2.05) is 74.4 Å². The monoisotopic (exact) mass is 668 g/mol. The molecule has 0 aliphatic rings. The topological polar surface area (TPSA) is 352 Å². The number of pyridine rings is 2. The Morgan fingerprint density at radius 1 is 0.651 bits per heavy atom. The molecule has 0 unspecified atom stereocenters. The maximum Gasteiger partial charge on any atom is 1.00 e. The van der Waals surface area contributed by atoms with E-state index in [0.29, 0.717) is 13.1 Å². The third kappa shape index (κ3) is 46.8. The fraction of sp³-hybridized carbons (Fsp3) is 0.300. The second kappa shape index (κ2) is 31.1. The van der Waals surface area contributed by atoms with Crippen LogP contribution in [0.15, 0.2) is 36.4 Å². The number of hydrogen-bond acceptors (Lipinski definition) is 13. The minimum absolute atomic E-state index is 0. The Balaban J connectivity index is -0.000000150. The van der Waals surface area contributed by atoms with Crippen LogP contribution in [0.5, 0.6) is 0 Å². The minimum Gasteiger partial charge on any atom is -0.412 e. The summed E-state index contributed by atoms with van der Waals surface area (Å²) < 4.78 is 0. The van der Waals surface area contributed by atoms with Gasteiger partial charge in [-0.25, -0.2) is 9.97 Å². The Labute approximate surface area is 253 Å². The largest absolute Gasteiger partial charge is 1.00 e. The maximum absolute atomic E-state index is 8.36. The van der Waals surface area contributed by atoms with Crippen LogP contribution >= 0.6 is 0 Å². The fourth-order valence-electron chi connectivity index (χ4n) is 1.87. The van der Waals surface area contributed by atoms with Gasteiger partial charge in [-0.2, -0.15) is 0 Å². The van der Waals surface area contributed by atoms with E-state index in [0.717, 1.165) is 22.8 Å². The molecule has 0 saturated carbocycles. The molecule has 43 heavy (non-hydrogen) atoms. The van der Waals surface area contributed by atoms with Gasteiger partial charge in [-0.15, -0.1) is 30.3 Å². The van der Waals surface area contributed by atoms with Crippen LogP contribution in [0.1, 0.15) is 11.4 Å². The van der Waals surface area contributed by atoms with E-state index in [-0.39, 0.29) is 28.0 Å². The van der Waals surface area contributed by atoms with Gasteiger partial charge in [0.2, 0.25) is 0 Å². The number of rotatable bonds is 3. The van der Waals surface area contributed by atoms with Crippen LogP contribution in [-0.2, 0) is 17.1 Å². The predicted octanol–water partition coefficient (Wildman–Crippen LogP) is -0.964. The summed E-state index contributed by atoms with van der Waals surface area (Å²) in [6.45, 7) is 1.42. The van der Waals surface area contributed by atoms with Gasteiger partial charge in [0.1, 0.15) is 11.4 Å². The van der Waals surface area contributed by atoms with Gasteiger partial charge < -0.3 is 41.9 Å². The molecule has 0 bridgehead atoms. The van der Waals surface area contributed by atoms with Crippen LogP contribution in [0.2, 0.25) is 0 Å². The van der Waals surface area contributed by atoms with Crippen LogP contribution in [-0.4, -0.2) is 108 Å². The first-order valence-corrected chi connectivity index (χ1v) is 10.0. The zero-order chi connectivity index (χ0) is 31.7. The quantitative estimate of drug-likeness (QED) is 0.153. The molecule has 2 heterocycles. The number of nitrogens with zero attached hydrogens (tertiary/aromatic N) is 8. The van der Waals surface area contributed by atoms with Crippen LogP contribution in [0.3, 0.4) is 0 Å². The van der Waals surface area contributed by atoms with Crippen molar-refractivity contribution in [3.05, 3.63) is 93.5 Å². The van der Waals surface area contributed by atoms with E-state index >= 15 is 0 Å². The summed E-state index contributed by atoms with van der Waals surface area (Å²) in [5.41, 5.74) is 3.12. The molecule has 0 radical (unpaired) electrons. The summed E-state index contributed by atoms with van der Waals surface area (Å²) in [6, 6.07) is 11.6. The number of aromatic nitrogens is 2. The average Bonchev–Trinajstić information content (AvgIpc) is 2.78. The maximum atomic E-state index is 8.36. The smallest absolute Gasteiger partial charge is 0.412 e. The minimum atomic E-state index is -1.75. The summed E-state index contributed by atoms with van der Waals surface area (Å²) in [7, 11) is 7.97. The van der Waals surface area contributed by atoms with Gasteiger partial charge in [0.05, 0.1) is 29.6 Å². The van der Waals surface area contributed by atoms with Crippen molar-refractivity contribution in [2.45, 2.75) is 0 Å². The van der Waals surface area contributed by atoms with Crippen LogP contribution < -0.4 is 0 Å². The molecular weight excluding hydrogens is 640 g/mol. The molecule has 0 aromatic carbocycles. The third-order valence-electron chi connectivity index (χ3n) is 2.98. The summed E-state index contributed by atoms with van der Waals surface area (Å²) in [4.78, 5) is 46.5. The molecule has 22 nitrogen and oxygen atoms in total. The van der Waals surface area contributed by atoms with Gasteiger partial charge >= 0.3 is 17.1 Å². The molecule has 0 aliphatic carbocycles. The average molecular weight is 669 g/mol. The van der Waals surface area contributed by atoms with Gasteiger partial charge in [0.15, 0.2) is 0 Å². The Morgan fingerprint density at radius 2 is 0.884 bits per heavy atom. The van der Waals surface area contributed by atoms with Crippen molar-refractivity contribution < 1.29 is 64.0 Å². The zero-order valence-electron chi connectivity index (χ0n) is 22.8. The van der Waals surface area contributed by atoms with Gasteiger partial charge in [0, 0.05) is 0 Å². The normalized spacial score (nSPS) is 7.86. The van der Waals surface area contributed by atoms with Gasteiger partial charge in [0.25, 0.3) is 15.3 Å². The van der Waals surface area contributed by atoms with Gasteiger partial charge in [-0.1, -0.05) is 24.0 Å². The first-order valence-electron chi connectivity index (χ1n) is 10.0. The molecule has 2 rings (SSSR count). The Bertz CT molecular complexity index is 1080. The second-order valence-corrected chi connectivity index (χ2v) is 6.83. The molecule has 0 saturated heterocycles. The van der Waals surface area contributed by atoms with E-state index in [1.54, 1.807) is 0 Å². The molecule has 2 aromatic rings. The van der Waals surface area contributed by atoms with Crippen LogP contribution in [0, 0.1) is 69.3 Å². The van der Waals surface area contributed by atoms with E-state index in [2.05, 4.69) is 33.6 Å². The van der Waals surface area contributed by atoms with Crippen molar-refractivity contribution >= 4 is 0 Å². The van der Waals surface area contributed by atoms with Crippen molar-refractivity contribution in [1.29, 1.82) is 0 Å². The first-order chi connectivity index (χ1) is 18.5. The predicted molar refractivity (Wildman–Crippen MR) is 142 cm³/mol. The fourth-order valence-corrected chi connectivity index (χ4v) is 1.87. The molecule has 244 valence electrons. The molecule has 2 aromatic heterocycles. The van der Waals surface area contributed by atoms with Gasteiger partial charge in [-0.3, -0.25) is 9.80 Å². The van der Waals surface area contributed by atoms with Gasteiger partial charge in [-0.05, 0) is 64.3 Å². The Hall–Kier alpha value is -5.42. The van der Waals surface area contributed by atoms with Crippen molar-refractivity contribution in [3.63, 3.8) is 0 Å². The van der Waals surface area contributed by atoms with Crippen LogP contribution in [0.4, 0.5) is 0 Å². The summed E-state index contributed by atoms with van der Waals surface area (Å²) in [5.74, 6) is 12.4. The first kappa shape index (κ1) is 50.4. The number of hydrogen-bond donors (Lipinski definition) is 3. The van der Waals surface area contributed by atoms with E-state index in [1.165, 1.54) is 0 Å². The summed E-state index contributed by atoms with van der Waals surface area (Å²) in [5, 5.41) is 55.7. The second-order valence-electron chi connectivity index (χ2n) is 6.83. The molecule has 0 atom stereocenters. The van der Waals surface area contributed by atoms with Crippen molar-refractivity contribution in [2.75, 3.05) is 41.3 Å². The molecule has 0 amide bonds. The molecule has 7 N–H and O–H groups in total. The summed E-state index contributed by atoms with van der Waals surface area (Å²) in [6.07, 6.45) is 0. The van der Waals surface area contributed by atoms with E-state index in [9.17, 15) is 0 Å². The molecule has 0 spiro atoms. The molecule has 23 heteroatoms. The van der Waals surface area contributed by atoms with E-state index < -0.39 is 20.3 Å². The van der Waals surface area contributed by atoms with Crippen LogP contribution in [0.25, 0.3) is 11.4 Å². The standard InChI is InChI=1S/C20H22N4.Cu.3HNO3.NO3.2H2O/c1-23(2)15-7-11-17-9-5-13-19(21-17)20-14-6-10-18(22-20)12-8-16-24(3)4;;4*2-1(3)4;;/h5-6,9-10,13-14H,15-16H2,1-4H3;;3*(H,2,3,4);;2*1H2/q;+1;;;;-1;;. The van der Waals surface area contributed by atoms with Crippen molar-refractivity contribution in [2.24, 2.45) is 0 Å².